The zero-order valence-electron chi connectivity index (χ0n) is 18.7. The maximum Gasteiger partial charge on any atom is 0.215 e. The number of hydrogen-bond donors (Lipinski definition) is 2. The number of nitrogens with zero attached hydrogens (tertiary/aromatic N) is 4. The first-order chi connectivity index (χ1) is 15.5. The molecule has 1 aromatic heterocycles. The third-order valence-corrected chi connectivity index (χ3v) is 7.68. The number of rotatable bonds is 9. The normalized spacial score (nSPS) is 18.9. The highest BCUT2D eigenvalue weighted by molar-refractivity contribution is 7.88. The van der Waals surface area contributed by atoms with Crippen molar-refractivity contribution >= 4 is 21.5 Å². The summed E-state index contributed by atoms with van der Waals surface area (Å²) >= 11 is 0. The van der Waals surface area contributed by atoms with Crippen molar-refractivity contribution in [2.24, 2.45) is 0 Å². The molecule has 32 heavy (non-hydrogen) atoms. The van der Waals surface area contributed by atoms with Gasteiger partial charge in [0.15, 0.2) is 11.6 Å². The quantitative estimate of drug-likeness (QED) is 0.583. The Labute approximate surface area is 190 Å². The molecule has 0 bridgehead atoms. The van der Waals surface area contributed by atoms with E-state index >= 15 is 0 Å². The predicted molar refractivity (Wildman–Crippen MR) is 126 cm³/mol. The summed E-state index contributed by atoms with van der Waals surface area (Å²) in [7, 11) is -0.160. The van der Waals surface area contributed by atoms with Gasteiger partial charge in [0, 0.05) is 44.3 Å². The van der Waals surface area contributed by atoms with E-state index in [1.807, 2.05) is 12.1 Å². The average molecular weight is 461 g/mol. The lowest BCUT2D eigenvalue weighted by Crippen LogP contribution is -2.47. The van der Waals surface area contributed by atoms with E-state index in [4.69, 9.17) is 4.74 Å². The Morgan fingerprint density at radius 3 is 2.81 bits per heavy atom. The minimum Gasteiger partial charge on any atom is -0.491 e. The molecule has 1 unspecified atom stereocenters. The molecule has 1 fully saturated rings. The van der Waals surface area contributed by atoms with Gasteiger partial charge in [0.1, 0.15) is 6.33 Å². The van der Waals surface area contributed by atoms with Crippen LogP contribution in [0.25, 0.3) is 0 Å². The summed E-state index contributed by atoms with van der Waals surface area (Å²) in [5.41, 5.74) is 3.21. The molecule has 1 atom stereocenters. The van der Waals surface area contributed by atoms with E-state index in [0.717, 1.165) is 74.9 Å². The molecule has 1 saturated heterocycles. The van der Waals surface area contributed by atoms with Crippen molar-refractivity contribution in [3.05, 3.63) is 41.9 Å². The average Bonchev–Trinajstić information content (AvgIpc) is 3.21. The molecule has 4 rings (SSSR count). The second kappa shape index (κ2) is 10.0. The highest BCUT2D eigenvalue weighted by Crippen LogP contribution is 2.35. The number of sulfonamides is 1. The Hall–Kier alpha value is -2.43. The Balaban J connectivity index is 1.27. The van der Waals surface area contributed by atoms with Crippen LogP contribution in [0.2, 0.25) is 0 Å². The van der Waals surface area contributed by atoms with Crippen molar-refractivity contribution in [1.82, 2.24) is 19.6 Å². The van der Waals surface area contributed by atoms with Crippen molar-refractivity contribution in [3.8, 4) is 5.75 Å². The van der Waals surface area contributed by atoms with E-state index in [0.29, 0.717) is 5.92 Å². The van der Waals surface area contributed by atoms with Gasteiger partial charge in [-0.3, -0.25) is 4.90 Å². The molecule has 2 aliphatic heterocycles. The molecule has 9 nitrogen and oxygen atoms in total. The van der Waals surface area contributed by atoms with Crippen LogP contribution in [-0.2, 0) is 15.8 Å². The first-order valence-corrected chi connectivity index (χ1v) is 12.7. The first kappa shape index (κ1) is 22.8. The number of methoxy groups -OCH3 is 1. The molecule has 0 amide bonds. The van der Waals surface area contributed by atoms with Gasteiger partial charge in [-0.2, -0.15) is 0 Å². The lowest BCUT2D eigenvalue weighted by molar-refractivity contribution is 0.249. The van der Waals surface area contributed by atoms with Gasteiger partial charge in [0.25, 0.3) is 0 Å². The van der Waals surface area contributed by atoms with Gasteiger partial charge >= 0.3 is 0 Å². The Morgan fingerprint density at radius 2 is 2.06 bits per heavy atom. The number of benzene rings is 1. The van der Waals surface area contributed by atoms with Gasteiger partial charge in [-0.15, -0.1) is 0 Å². The van der Waals surface area contributed by atoms with E-state index in [1.54, 1.807) is 19.6 Å². The van der Waals surface area contributed by atoms with Crippen LogP contribution >= 0.6 is 0 Å². The molecule has 2 aliphatic rings. The van der Waals surface area contributed by atoms with Crippen molar-refractivity contribution in [1.29, 1.82) is 0 Å². The zero-order valence-corrected chi connectivity index (χ0v) is 19.6. The standard InChI is InChI=1S/C22H32N6O3S/c1-23-32(29,30)15-17-5-6-20-19(12-17)18(13-25-20)4-3-7-27-8-10-28(11-9-27)22-21(31-2)14-24-16-26-22/h5-6,12,14,16,18,23,25H,3-4,7-11,13,15H2,1-2H3. The molecule has 1 aromatic carbocycles. The summed E-state index contributed by atoms with van der Waals surface area (Å²) in [5.74, 6) is 2.03. The maximum atomic E-state index is 11.9. The molecular weight excluding hydrogens is 428 g/mol. The molecule has 0 spiro atoms. The number of hydrogen-bond acceptors (Lipinski definition) is 8. The lowest BCUT2D eigenvalue weighted by atomic mass is 9.95. The number of anilines is 2. The van der Waals surface area contributed by atoms with Crippen LogP contribution in [0, 0.1) is 0 Å². The lowest BCUT2D eigenvalue weighted by Gasteiger charge is -2.35. The largest absolute Gasteiger partial charge is 0.491 e. The number of ether oxygens (including phenoxy) is 1. The molecule has 2 N–H and O–H groups in total. The molecule has 0 saturated carbocycles. The molecule has 3 heterocycles. The Bertz CT molecular complexity index is 1020. The third kappa shape index (κ3) is 5.31. The van der Waals surface area contributed by atoms with Crippen LogP contribution in [0.15, 0.2) is 30.7 Å². The van der Waals surface area contributed by atoms with Gasteiger partial charge < -0.3 is 15.0 Å². The molecule has 10 heteroatoms. The molecule has 174 valence electrons. The van der Waals surface area contributed by atoms with Gasteiger partial charge in [-0.1, -0.05) is 12.1 Å². The van der Waals surface area contributed by atoms with Gasteiger partial charge in [0.2, 0.25) is 10.0 Å². The topological polar surface area (TPSA) is 99.7 Å². The van der Waals surface area contributed by atoms with E-state index in [-0.39, 0.29) is 5.75 Å². The summed E-state index contributed by atoms with van der Waals surface area (Å²) < 4.78 is 31.6. The maximum absolute atomic E-state index is 11.9. The summed E-state index contributed by atoms with van der Waals surface area (Å²) in [5, 5.41) is 3.47. The van der Waals surface area contributed by atoms with E-state index in [9.17, 15) is 8.42 Å². The van der Waals surface area contributed by atoms with Crippen LogP contribution in [0.5, 0.6) is 5.75 Å². The molecule has 0 aliphatic carbocycles. The first-order valence-electron chi connectivity index (χ1n) is 11.1. The number of nitrogens with one attached hydrogen (secondary N) is 2. The van der Waals surface area contributed by atoms with Crippen molar-refractivity contribution in [3.63, 3.8) is 0 Å². The highest BCUT2D eigenvalue weighted by Gasteiger charge is 2.24. The SMILES string of the molecule is CNS(=O)(=O)Cc1ccc2c(c1)C(CCCN1CCN(c3ncncc3OC)CC1)CN2. The second-order valence-corrected chi connectivity index (χ2v) is 10.3. The van der Waals surface area contributed by atoms with E-state index in [1.165, 1.54) is 12.6 Å². The minimum atomic E-state index is -3.26. The molecule has 0 radical (unpaired) electrons. The summed E-state index contributed by atoms with van der Waals surface area (Å²) in [4.78, 5) is 13.2. The van der Waals surface area contributed by atoms with Crippen LogP contribution < -0.4 is 19.7 Å². The summed E-state index contributed by atoms with van der Waals surface area (Å²) in [6.45, 7) is 5.82. The van der Waals surface area contributed by atoms with Crippen LogP contribution in [0.3, 0.4) is 0 Å². The highest BCUT2D eigenvalue weighted by atomic mass is 32.2. The predicted octanol–water partition coefficient (Wildman–Crippen LogP) is 1.65. The minimum absolute atomic E-state index is 0.0187. The number of aromatic nitrogens is 2. The number of piperazine rings is 1. The fourth-order valence-electron chi connectivity index (χ4n) is 4.53. The van der Waals surface area contributed by atoms with Gasteiger partial charge in [-0.05, 0) is 43.6 Å². The van der Waals surface area contributed by atoms with E-state index < -0.39 is 10.0 Å². The van der Waals surface area contributed by atoms with Gasteiger partial charge in [-0.25, -0.2) is 23.1 Å². The fourth-order valence-corrected chi connectivity index (χ4v) is 5.29. The smallest absolute Gasteiger partial charge is 0.215 e. The van der Waals surface area contributed by atoms with Crippen molar-refractivity contribution in [2.45, 2.75) is 24.5 Å². The fraction of sp³-hybridized carbons (Fsp3) is 0.545. The van der Waals surface area contributed by atoms with E-state index in [2.05, 4.69) is 35.9 Å². The third-order valence-electron chi connectivity index (χ3n) is 6.34. The van der Waals surface area contributed by atoms with Gasteiger partial charge in [0.05, 0.1) is 19.1 Å². The van der Waals surface area contributed by atoms with Crippen LogP contribution in [0.1, 0.15) is 29.9 Å². The molecule has 2 aromatic rings. The second-order valence-electron chi connectivity index (χ2n) is 8.35. The monoisotopic (exact) mass is 460 g/mol. The number of fused-ring (bicyclic) bond motifs is 1. The van der Waals surface area contributed by atoms with Crippen LogP contribution in [0.4, 0.5) is 11.5 Å². The molecular formula is C22H32N6O3S. The van der Waals surface area contributed by atoms with Crippen molar-refractivity contribution in [2.75, 3.05) is 63.6 Å². The zero-order chi connectivity index (χ0) is 22.6. The summed E-state index contributed by atoms with van der Waals surface area (Å²) in [6, 6.07) is 5.97. The van der Waals surface area contributed by atoms with Crippen LogP contribution in [-0.4, -0.2) is 76.7 Å². The van der Waals surface area contributed by atoms with Crippen molar-refractivity contribution < 1.29 is 13.2 Å². The Kier molecular flexibility index (Phi) is 7.12. The summed E-state index contributed by atoms with van der Waals surface area (Å²) in [6.07, 6.45) is 5.48. The Morgan fingerprint density at radius 1 is 1.25 bits per heavy atom.